The van der Waals surface area contributed by atoms with Crippen LogP contribution in [0.4, 0.5) is 16.3 Å². The summed E-state index contributed by atoms with van der Waals surface area (Å²) in [5.74, 6) is 1.15. The molecule has 9 nitrogen and oxygen atoms in total. The van der Waals surface area contributed by atoms with Crippen molar-refractivity contribution >= 4 is 28.6 Å². The molecule has 3 rings (SSSR count). The number of nitrogens with two attached hydrogens (primary N) is 1. The minimum Gasteiger partial charge on any atom is -0.478 e. The van der Waals surface area contributed by atoms with Crippen LogP contribution in [0.3, 0.4) is 0 Å². The van der Waals surface area contributed by atoms with E-state index in [1.54, 1.807) is 18.3 Å². The summed E-state index contributed by atoms with van der Waals surface area (Å²) in [5, 5.41) is 5.69. The molecular weight excluding hydrogens is 358 g/mol. The number of carbonyl (C=O) groups is 1. The Balaban J connectivity index is 2.04. The van der Waals surface area contributed by atoms with Gasteiger partial charge < -0.3 is 10.5 Å². The van der Waals surface area contributed by atoms with Crippen LogP contribution in [0, 0.1) is 6.92 Å². The molecule has 0 unspecified atom stereocenters. The number of carbonyl (C=O) groups excluding carboxylic acids is 1. The lowest BCUT2D eigenvalue weighted by atomic mass is 10.0. The van der Waals surface area contributed by atoms with E-state index in [1.807, 2.05) is 31.6 Å². The summed E-state index contributed by atoms with van der Waals surface area (Å²) in [4.78, 5) is 20.9. The third kappa shape index (κ3) is 3.68. The molecule has 3 aromatic heterocycles. The maximum atomic E-state index is 12.1. The van der Waals surface area contributed by atoms with Crippen molar-refractivity contribution < 1.29 is 9.53 Å². The number of aromatic nitrogens is 4. The van der Waals surface area contributed by atoms with Crippen LogP contribution >= 0.6 is 0 Å². The van der Waals surface area contributed by atoms with Gasteiger partial charge in [0, 0.05) is 19.3 Å². The van der Waals surface area contributed by atoms with E-state index in [2.05, 4.69) is 34.3 Å². The Hall–Kier alpha value is -3.36. The van der Waals surface area contributed by atoms with Crippen molar-refractivity contribution in [1.82, 2.24) is 19.7 Å². The molecule has 0 radical (unpaired) electrons. The lowest BCUT2D eigenvalue weighted by molar-refractivity contribution is 0.255. The van der Waals surface area contributed by atoms with Crippen LogP contribution in [-0.4, -0.2) is 32.4 Å². The third-order valence-corrected chi connectivity index (χ3v) is 4.33. The molecule has 9 heteroatoms. The molecule has 0 aliphatic rings. The lowest BCUT2D eigenvalue weighted by Crippen LogP contribution is -2.40. The number of nitrogens with one attached hydrogen (secondary N) is 1. The van der Waals surface area contributed by atoms with Gasteiger partial charge in [-0.25, -0.2) is 19.8 Å². The molecule has 0 saturated carbocycles. The Kier molecular flexibility index (Phi) is 5.34. The molecule has 0 saturated heterocycles. The number of hydrogen-bond donors (Lipinski definition) is 2. The second-order valence-electron chi connectivity index (χ2n) is 6.73. The number of ether oxygens (including phenoxy) is 1. The number of hydrazine groups is 1. The average Bonchev–Trinajstić information content (AvgIpc) is 2.93. The second kappa shape index (κ2) is 7.71. The normalized spacial score (nSPS) is 11.1. The second-order valence-corrected chi connectivity index (χ2v) is 6.73. The molecule has 148 valence electrons. The fraction of sp³-hybridized carbons (Fsp3) is 0.368. The van der Waals surface area contributed by atoms with E-state index >= 15 is 0 Å². The highest BCUT2D eigenvalue weighted by Gasteiger charge is 2.19. The molecule has 0 aromatic carbocycles. The van der Waals surface area contributed by atoms with Gasteiger partial charge in [-0.3, -0.25) is 10.1 Å². The Morgan fingerprint density at radius 1 is 1.39 bits per heavy atom. The summed E-state index contributed by atoms with van der Waals surface area (Å²) in [6.45, 7) is 8.44. The Bertz CT molecular complexity index is 1010. The number of urea groups is 1. The quantitative estimate of drug-likeness (QED) is 0.633. The standard InChI is InChI=1S/C19H25N7O2/c1-6-28-16-9-13(7-8-21-16)26(19(20)27)24-15-10-14(11(2)3)18-17(22-15)12(4)23-25(18)5/h7-11H,6H2,1-5H3,(H2,20,27)(H,22,24). The third-order valence-electron chi connectivity index (χ3n) is 4.33. The first-order chi connectivity index (χ1) is 13.3. The minimum absolute atomic E-state index is 0.244. The van der Waals surface area contributed by atoms with Gasteiger partial charge in [0.2, 0.25) is 5.88 Å². The van der Waals surface area contributed by atoms with Gasteiger partial charge in [-0.2, -0.15) is 5.10 Å². The van der Waals surface area contributed by atoms with E-state index in [9.17, 15) is 4.79 Å². The van der Waals surface area contributed by atoms with Crippen molar-refractivity contribution in [3.8, 4) is 5.88 Å². The van der Waals surface area contributed by atoms with Crippen molar-refractivity contribution in [3.63, 3.8) is 0 Å². The molecule has 3 heterocycles. The first kappa shape index (κ1) is 19.4. The van der Waals surface area contributed by atoms with Gasteiger partial charge in [0.15, 0.2) is 0 Å². The van der Waals surface area contributed by atoms with Crippen LogP contribution in [0.2, 0.25) is 0 Å². The fourth-order valence-corrected chi connectivity index (χ4v) is 3.10. The predicted molar refractivity (Wildman–Crippen MR) is 108 cm³/mol. The maximum absolute atomic E-state index is 12.1. The molecule has 3 N–H and O–H groups in total. The van der Waals surface area contributed by atoms with Crippen molar-refractivity contribution in [2.24, 2.45) is 12.8 Å². The largest absolute Gasteiger partial charge is 0.478 e. The number of aryl methyl sites for hydroxylation is 2. The van der Waals surface area contributed by atoms with Gasteiger partial charge in [-0.1, -0.05) is 13.8 Å². The van der Waals surface area contributed by atoms with Gasteiger partial charge in [-0.05, 0) is 37.5 Å². The van der Waals surface area contributed by atoms with E-state index in [0.29, 0.717) is 24.0 Å². The SMILES string of the molecule is CCOc1cc(N(Nc2cc(C(C)C)c3c(n2)c(C)nn3C)C(N)=O)ccn1. The summed E-state index contributed by atoms with van der Waals surface area (Å²) in [7, 11) is 1.90. The molecule has 0 spiro atoms. The molecule has 0 aliphatic carbocycles. The van der Waals surface area contributed by atoms with E-state index in [0.717, 1.165) is 22.3 Å². The number of anilines is 2. The maximum Gasteiger partial charge on any atom is 0.338 e. The van der Waals surface area contributed by atoms with E-state index in [1.165, 1.54) is 5.01 Å². The van der Waals surface area contributed by atoms with Gasteiger partial charge in [0.25, 0.3) is 0 Å². The van der Waals surface area contributed by atoms with Gasteiger partial charge in [-0.15, -0.1) is 0 Å². The van der Waals surface area contributed by atoms with Crippen molar-refractivity contribution in [2.75, 3.05) is 17.0 Å². The molecule has 28 heavy (non-hydrogen) atoms. The van der Waals surface area contributed by atoms with Crippen molar-refractivity contribution in [3.05, 3.63) is 35.7 Å². The summed E-state index contributed by atoms with van der Waals surface area (Å²) in [6, 6.07) is 4.54. The minimum atomic E-state index is -0.676. The highest BCUT2D eigenvalue weighted by Crippen LogP contribution is 2.29. The van der Waals surface area contributed by atoms with Crippen molar-refractivity contribution in [1.29, 1.82) is 0 Å². The Labute approximate surface area is 163 Å². The molecule has 0 aliphatic heterocycles. The topological polar surface area (TPSA) is 111 Å². The number of fused-ring (bicyclic) bond motifs is 1. The zero-order valence-corrected chi connectivity index (χ0v) is 16.7. The van der Waals surface area contributed by atoms with Gasteiger partial charge in [0.1, 0.15) is 11.3 Å². The fourth-order valence-electron chi connectivity index (χ4n) is 3.10. The molecule has 0 fully saturated rings. The summed E-state index contributed by atoms with van der Waals surface area (Å²) >= 11 is 0. The first-order valence-electron chi connectivity index (χ1n) is 9.11. The van der Waals surface area contributed by atoms with Gasteiger partial charge in [0.05, 0.1) is 23.5 Å². The zero-order chi connectivity index (χ0) is 20.4. The Morgan fingerprint density at radius 2 is 2.14 bits per heavy atom. The smallest absolute Gasteiger partial charge is 0.338 e. The van der Waals surface area contributed by atoms with Crippen molar-refractivity contribution in [2.45, 2.75) is 33.6 Å². The monoisotopic (exact) mass is 383 g/mol. The van der Waals surface area contributed by atoms with E-state index in [-0.39, 0.29) is 5.92 Å². The Morgan fingerprint density at radius 3 is 2.79 bits per heavy atom. The summed E-state index contributed by atoms with van der Waals surface area (Å²) in [5.41, 5.74) is 12.8. The summed E-state index contributed by atoms with van der Waals surface area (Å²) in [6.07, 6.45) is 1.55. The van der Waals surface area contributed by atoms with E-state index in [4.69, 9.17) is 10.5 Å². The number of rotatable bonds is 6. The molecular formula is C19H25N7O2. The highest BCUT2D eigenvalue weighted by molar-refractivity contribution is 5.93. The number of primary amides is 1. The van der Waals surface area contributed by atoms with Gasteiger partial charge >= 0.3 is 6.03 Å². The predicted octanol–water partition coefficient (Wildman–Crippen LogP) is 3.11. The first-order valence-corrected chi connectivity index (χ1v) is 9.11. The van der Waals surface area contributed by atoms with E-state index < -0.39 is 6.03 Å². The molecule has 2 amide bonds. The van der Waals surface area contributed by atoms with Crippen LogP contribution in [-0.2, 0) is 7.05 Å². The lowest BCUT2D eigenvalue weighted by Gasteiger charge is -2.23. The molecule has 0 bridgehead atoms. The van der Waals surface area contributed by atoms with Crippen LogP contribution in [0.15, 0.2) is 24.4 Å². The van der Waals surface area contributed by atoms with Crippen LogP contribution in [0.25, 0.3) is 11.0 Å². The van der Waals surface area contributed by atoms with Crippen LogP contribution in [0.5, 0.6) is 5.88 Å². The highest BCUT2D eigenvalue weighted by atomic mass is 16.5. The van der Waals surface area contributed by atoms with Crippen LogP contribution < -0.4 is 20.9 Å². The number of hydrogen-bond acceptors (Lipinski definition) is 6. The number of amides is 2. The average molecular weight is 383 g/mol. The number of nitrogens with zero attached hydrogens (tertiary/aromatic N) is 5. The summed E-state index contributed by atoms with van der Waals surface area (Å²) < 4.78 is 7.24. The molecule has 3 aromatic rings. The number of pyridine rings is 2. The molecule has 0 atom stereocenters. The van der Waals surface area contributed by atoms with Crippen LogP contribution in [0.1, 0.15) is 37.9 Å². The zero-order valence-electron chi connectivity index (χ0n) is 16.7.